The Balaban J connectivity index is 2.60. The van der Waals surface area contributed by atoms with Gasteiger partial charge in [0.25, 0.3) is 0 Å². The molecule has 4 N–H and O–H groups in total. The maximum Gasteiger partial charge on any atom is 0.238 e. The highest BCUT2D eigenvalue weighted by Gasteiger charge is 2.13. The van der Waals surface area contributed by atoms with Gasteiger partial charge >= 0.3 is 0 Å². The van der Waals surface area contributed by atoms with Crippen molar-refractivity contribution in [3.63, 3.8) is 0 Å². The van der Waals surface area contributed by atoms with Gasteiger partial charge in [0.2, 0.25) is 11.8 Å². The number of carbonyl (C=O) groups excluding carboxylic acids is 2. The summed E-state index contributed by atoms with van der Waals surface area (Å²) >= 11 is 11.8. The molecule has 0 saturated carbocycles. The molecule has 2 amide bonds. The monoisotopic (exact) mass is 332 g/mol. The van der Waals surface area contributed by atoms with Gasteiger partial charge < -0.3 is 16.4 Å². The van der Waals surface area contributed by atoms with Crippen molar-refractivity contribution in [2.45, 2.75) is 6.92 Å². The number of nitrogens with one attached hydrogen (secondary N) is 2. The quantitative estimate of drug-likeness (QED) is 0.690. The van der Waals surface area contributed by atoms with Crippen molar-refractivity contribution in [2.24, 2.45) is 0 Å². The van der Waals surface area contributed by atoms with Gasteiger partial charge in [0.15, 0.2) is 0 Å². The van der Waals surface area contributed by atoms with Gasteiger partial charge in [-0.1, -0.05) is 23.2 Å². The van der Waals surface area contributed by atoms with Crippen LogP contribution in [-0.2, 0) is 9.59 Å². The molecule has 0 fully saturated rings. The van der Waals surface area contributed by atoms with E-state index in [1.165, 1.54) is 12.1 Å². The van der Waals surface area contributed by atoms with Gasteiger partial charge in [0, 0.05) is 11.6 Å². The Morgan fingerprint density at radius 1 is 1.24 bits per heavy atom. The number of nitrogens with two attached hydrogens (primary N) is 1. The summed E-state index contributed by atoms with van der Waals surface area (Å²) < 4.78 is 0. The second-order valence-corrected chi connectivity index (χ2v) is 5.37. The number of rotatable bonds is 6. The van der Waals surface area contributed by atoms with Crippen molar-refractivity contribution < 1.29 is 9.59 Å². The number of carbonyl (C=O) groups is 2. The molecule has 0 aromatic heterocycles. The molecule has 0 saturated heterocycles. The Hall–Kier alpha value is -1.50. The molecule has 0 bridgehead atoms. The van der Waals surface area contributed by atoms with E-state index >= 15 is 0 Å². The number of nitrogens with zero attached hydrogens (tertiary/aromatic N) is 1. The SMILES string of the molecule is CCNC(=O)CN(C)CC(=O)Nc1c(N)cc(Cl)cc1Cl. The van der Waals surface area contributed by atoms with Crippen molar-refractivity contribution >= 4 is 46.4 Å². The van der Waals surface area contributed by atoms with Crippen LogP contribution in [0.25, 0.3) is 0 Å². The van der Waals surface area contributed by atoms with Gasteiger partial charge in [-0.15, -0.1) is 0 Å². The fourth-order valence-corrected chi connectivity index (χ4v) is 2.26. The van der Waals surface area contributed by atoms with E-state index in [0.717, 1.165) is 0 Å². The van der Waals surface area contributed by atoms with Crippen LogP contribution in [0.3, 0.4) is 0 Å². The first-order valence-electron chi connectivity index (χ1n) is 6.33. The normalized spacial score (nSPS) is 10.5. The minimum Gasteiger partial charge on any atom is -0.397 e. The molecule has 0 aliphatic rings. The summed E-state index contributed by atoms with van der Waals surface area (Å²) in [7, 11) is 1.67. The molecule has 0 aliphatic carbocycles. The van der Waals surface area contributed by atoms with E-state index in [1.54, 1.807) is 11.9 Å². The number of amides is 2. The summed E-state index contributed by atoms with van der Waals surface area (Å²) in [5, 5.41) is 5.93. The Labute approximate surface area is 133 Å². The molecule has 6 nitrogen and oxygen atoms in total. The first-order chi connectivity index (χ1) is 9.83. The molecule has 0 heterocycles. The van der Waals surface area contributed by atoms with Crippen molar-refractivity contribution in [1.82, 2.24) is 10.2 Å². The lowest BCUT2D eigenvalue weighted by Crippen LogP contribution is -2.38. The molecule has 0 unspecified atom stereocenters. The number of hydrogen-bond acceptors (Lipinski definition) is 4. The minimum absolute atomic E-state index is 0.0372. The Bertz CT molecular complexity index is 514. The number of halogens is 2. The van der Waals surface area contributed by atoms with Crippen molar-refractivity contribution in [2.75, 3.05) is 37.7 Å². The fraction of sp³-hybridized carbons (Fsp3) is 0.385. The average Bonchev–Trinajstić information content (AvgIpc) is 2.33. The van der Waals surface area contributed by atoms with Crippen LogP contribution >= 0.6 is 23.2 Å². The second kappa shape index (κ2) is 8.07. The van der Waals surface area contributed by atoms with Crippen molar-refractivity contribution in [3.05, 3.63) is 22.2 Å². The molecule has 1 aromatic carbocycles. The fourth-order valence-electron chi connectivity index (χ4n) is 1.70. The predicted octanol–water partition coefficient (Wildman–Crippen LogP) is 1.58. The Kier molecular flexibility index (Phi) is 6.74. The first-order valence-corrected chi connectivity index (χ1v) is 7.08. The topological polar surface area (TPSA) is 87.5 Å². The summed E-state index contributed by atoms with van der Waals surface area (Å²) in [6.07, 6.45) is 0. The maximum atomic E-state index is 11.9. The summed E-state index contributed by atoms with van der Waals surface area (Å²) in [6.45, 7) is 2.55. The standard InChI is InChI=1S/C13H18Cl2N4O2/c1-3-17-11(20)6-19(2)7-12(21)18-13-9(15)4-8(14)5-10(13)16/h4-5H,3,6-7,16H2,1-2H3,(H,17,20)(H,18,21). The Morgan fingerprint density at radius 2 is 1.86 bits per heavy atom. The molecule has 21 heavy (non-hydrogen) atoms. The zero-order valence-corrected chi connectivity index (χ0v) is 13.4. The van der Waals surface area contributed by atoms with Crippen LogP contribution in [0.15, 0.2) is 12.1 Å². The van der Waals surface area contributed by atoms with Crippen molar-refractivity contribution in [3.8, 4) is 0 Å². The highest BCUT2D eigenvalue weighted by Crippen LogP contribution is 2.31. The highest BCUT2D eigenvalue weighted by molar-refractivity contribution is 6.37. The number of likely N-dealkylation sites (N-methyl/N-ethyl adjacent to an activating group) is 2. The van der Waals surface area contributed by atoms with E-state index in [0.29, 0.717) is 17.3 Å². The molecule has 0 radical (unpaired) electrons. The van der Waals surface area contributed by atoms with Crippen LogP contribution in [0.4, 0.5) is 11.4 Å². The van der Waals surface area contributed by atoms with E-state index in [9.17, 15) is 9.59 Å². The lowest BCUT2D eigenvalue weighted by atomic mass is 10.2. The van der Waals surface area contributed by atoms with Gasteiger partial charge in [0.05, 0.1) is 29.5 Å². The summed E-state index contributed by atoms with van der Waals surface area (Å²) in [5.74, 6) is -0.463. The van der Waals surface area contributed by atoms with Crippen LogP contribution in [0.1, 0.15) is 6.92 Å². The van der Waals surface area contributed by atoms with E-state index < -0.39 is 0 Å². The molecule has 0 aliphatic heterocycles. The molecule has 8 heteroatoms. The van der Waals surface area contributed by atoms with Gasteiger partial charge in [0.1, 0.15) is 0 Å². The number of anilines is 2. The summed E-state index contributed by atoms with van der Waals surface area (Å²) in [6, 6.07) is 2.99. The predicted molar refractivity (Wildman–Crippen MR) is 85.7 cm³/mol. The van der Waals surface area contributed by atoms with Crippen LogP contribution in [0.2, 0.25) is 10.0 Å². The average molecular weight is 333 g/mol. The molecule has 1 rings (SSSR count). The third-order valence-electron chi connectivity index (χ3n) is 2.55. The van der Waals surface area contributed by atoms with Gasteiger partial charge in [-0.05, 0) is 26.1 Å². The molecule has 0 spiro atoms. The van der Waals surface area contributed by atoms with E-state index in [1.807, 2.05) is 6.92 Å². The molecular formula is C13H18Cl2N4O2. The zero-order chi connectivity index (χ0) is 16.0. The third kappa shape index (κ3) is 5.79. The van der Waals surface area contributed by atoms with Gasteiger partial charge in [-0.2, -0.15) is 0 Å². The zero-order valence-electron chi connectivity index (χ0n) is 11.9. The first kappa shape index (κ1) is 17.6. The molecule has 0 atom stereocenters. The van der Waals surface area contributed by atoms with E-state index in [-0.39, 0.29) is 35.6 Å². The Morgan fingerprint density at radius 3 is 2.43 bits per heavy atom. The number of hydrogen-bond donors (Lipinski definition) is 3. The van der Waals surface area contributed by atoms with Crippen molar-refractivity contribution in [1.29, 1.82) is 0 Å². The lowest BCUT2D eigenvalue weighted by molar-refractivity contribution is -0.122. The smallest absolute Gasteiger partial charge is 0.238 e. The van der Waals surface area contributed by atoms with Crippen LogP contribution in [0.5, 0.6) is 0 Å². The van der Waals surface area contributed by atoms with Gasteiger partial charge in [-0.3, -0.25) is 14.5 Å². The molecule has 1 aromatic rings. The number of nitrogen functional groups attached to an aromatic ring is 1. The molecular weight excluding hydrogens is 315 g/mol. The van der Waals surface area contributed by atoms with E-state index in [4.69, 9.17) is 28.9 Å². The molecule has 116 valence electrons. The number of benzene rings is 1. The third-order valence-corrected chi connectivity index (χ3v) is 3.07. The van der Waals surface area contributed by atoms with Crippen LogP contribution < -0.4 is 16.4 Å². The summed E-state index contributed by atoms with van der Waals surface area (Å²) in [5.41, 5.74) is 6.36. The largest absolute Gasteiger partial charge is 0.397 e. The second-order valence-electron chi connectivity index (χ2n) is 4.53. The van der Waals surface area contributed by atoms with Crippen LogP contribution in [-0.4, -0.2) is 43.4 Å². The highest BCUT2D eigenvalue weighted by atomic mass is 35.5. The van der Waals surface area contributed by atoms with Crippen LogP contribution in [0, 0.1) is 0 Å². The summed E-state index contributed by atoms with van der Waals surface area (Å²) in [4.78, 5) is 24.9. The van der Waals surface area contributed by atoms with Gasteiger partial charge in [-0.25, -0.2) is 0 Å². The van der Waals surface area contributed by atoms with E-state index in [2.05, 4.69) is 10.6 Å². The maximum absolute atomic E-state index is 11.9. The minimum atomic E-state index is -0.322. The lowest BCUT2D eigenvalue weighted by Gasteiger charge is -2.16.